The van der Waals surface area contributed by atoms with E-state index in [1.54, 1.807) is 13.8 Å². The van der Waals surface area contributed by atoms with Gasteiger partial charge in [0.25, 0.3) is 0 Å². The molecule has 0 saturated carbocycles. The van der Waals surface area contributed by atoms with Crippen molar-refractivity contribution in [3.05, 3.63) is 0 Å². The highest BCUT2D eigenvalue weighted by Crippen LogP contribution is 2.15. The van der Waals surface area contributed by atoms with E-state index in [0.717, 1.165) is 0 Å². The number of nitrogens with zero attached hydrogens (tertiary/aromatic N) is 1. The minimum absolute atomic E-state index is 0.433. The molecule has 18 heavy (non-hydrogen) atoms. The molecular formula is C11H21NO5S. The van der Waals surface area contributed by atoms with E-state index in [9.17, 15) is 18.0 Å². The molecule has 0 saturated heterocycles. The van der Waals surface area contributed by atoms with E-state index in [1.807, 2.05) is 0 Å². The molecule has 106 valence electrons. The fraction of sp³-hybridized carbons (Fsp3) is 0.818. The number of sulfone groups is 1. The van der Waals surface area contributed by atoms with Crippen molar-refractivity contribution in [1.29, 1.82) is 0 Å². The third kappa shape index (κ3) is 3.97. The topological polar surface area (TPSA) is 91.8 Å². The molecule has 0 aliphatic heterocycles. The van der Waals surface area contributed by atoms with Gasteiger partial charge >= 0.3 is 5.97 Å². The first-order chi connectivity index (χ1) is 8.18. The zero-order valence-corrected chi connectivity index (χ0v) is 12.0. The highest BCUT2D eigenvalue weighted by Gasteiger charge is 2.35. The minimum atomic E-state index is -3.77. The smallest absolute Gasteiger partial charge is 0.304 e. The summed E-state index contributed by atoms with van der Waals surface area (Å²) in [5.41, 5.74) is 0. The lowest BCUT2D eigenvalue weighted by Gasteiger charge is -2.24. The molecule has 6 nitrogen and oxygen atoms in total. The number of rotatable bonds is 7. The van der Waals surface area contributed by atoms with Crippen LogP contribution in [0.15, 0.2) is 0 Å². The molecule has 2 atom stereocenters. The van der Waals surface area contributed by atoms with E-state index < -0.39 is 38.6 Å². The number of amides is 1. The summed E-state index contributed by atoms with van der Waals surface area (Å²) in [7, 11) is -3.77. The third-order valence-corrected chi connectivity index (χ3v) is 5.41. The number of carboxylic acid groups (broad SMARTS) is 1. The van der Waals surface area contributed by atoms with Crippen LogP contribution in [-0.2, 0) is 19.4 Å². The lowest BCUT2D eigenvalue weighted by atomic mass is 10.3. The van der Waals surface area contributed by atoms with Gasteiger partial charge in [0.15, 0.2) is 9.84 Å². The second kappa shape index (κ2) is 6.72. The van der Waals surface area contributed by atoms with Gasteiger partial charge in [0, 0.05) is 13.1 Å². The summed E-state index contributed by atoms with van der Waals surface area (Å²) in [5, 5.41) is 6.34. The maximum Gasteiger partial charge on any atom is 0.304 e. The molecule has 1 N–H and O–H groups in total. The zero-order chi connectivity index (χ0) is 14.5. The predicted octanol–water partition coefficient (Wildman–Crippen LogP) is 0.521. The van der Waals surface area contributed by atoms with Crippen LogP contribution in [0.3, 0.4) is 0 Å². The second-order valence-electron chi connectivity index (χ2n) is 4.15. The van der Waals surface area contributed by atoms with Crippen LogP contribution in [0, 0.1) is 0 Å². The standard InChI is InChI=1S/C11H21NO5S/c1-5-12(6-2)11(15)9(4)18(16,17)8(3)7-10(13)14/h8-9H,5-7H2,1-4H3,(H,13,14). The summed E-state index contributed by atoms with van der Waals surface area (Å²) in [6, 6.07) is 0. The van der Waals surface area contributed by atoms with Gasteiger partial charge in [-0.3, -0.25) is 9.59 Å². The van der Waals surface area contributed by atoms with Crippen LogP contribution in [0.4, 0.5) is 0 Å². The van der Waals surface area contributed by atoms with Crippen LogP contribution in [0.5, 0.6) is 0 Å². The van der Waals surface area contributed by atoms with Gasteiger partial charge in [-0.25, -0.2) is 8.42 Å². The highest BCUT2D eigenvalue weighted by atomic mass is 32.2. The molecule has 0 aromatic carbocycles. The van der Waals surface area contributed by atoms with Crippen LogP contribution in [0.2, 0.25) is 0 Å². The van der Waals surface area contributed by atoms with Crippen molar-refractivity contribution < 1.29 is 23.1 Å². The number of carboxylic acids is 1. The average Bonchev–Trinajstić information content (AvgIpc) is 2.28. The molecular weight excluding hydrogens is 258 g/mol. The molecule has 0 fully saturated rings. The van der Waals surface area contributed by atoms with Crippen LogP contribution >= 0.6 is 0 Å². The molecule has 0 spiro atoms. The summed E-state index contributed by atoms with van der Waals surface area (Å²) in [6.07, 6.45) is -0.488. The van der Waals surface area contributed by atoms with E-state index in [1.165, 1.54) is 18.7 Å². The van der Waals surface area contributed by atoms with E-state index in [2.05, 4.69) is 0 Å². The molecule has 7 heteroatoms. The lowest BCUT2D eigenvalue weighted by Crippen LogP contribution is -2.44. The Hall–Kier alpha value is -1.11. The number of hydrogen-bond donors (Lipinski definition) is 1. The molecule has 0 radical (unpaired) electrons. The van der Waals surface area contributed by atoms with Gasteiger partial charge in [0.1, 0.15) is 5.25 Å². The Morgan fingerprint density at radius 1 is 1.17 bits per heavy atom. The Morgan fingerprint density at radius 2 is 1.61 bits per heavy atom. The van der Waals surface area contributed by atoms with Crippen molar-refractivity contribution in [2.75, 3.05) is 13.1 Å². The molecule has 0 aromatic rings. The van der Waals surface area contributed by atoms with Crippen LogP contribution in [-0.4, -0.2) is 53.9 Å². The van der Waals surface area contributed by atoms with Crippen molar-refractivity contribution in [1.82, 2.24) is 4.90 Å². The van der Waals surface area contributed by atoms with Crippen LogP contribution in [0.1, 0.15) is 34.1 Å². The molecule has 0 aromatic heterocycles. The maximum absolute atomic E-state index is 12.0. The fourth-order valence-corrected chi connectivity index (χ4v) is 3.15. The van der Waals surface area contributed by atoms with Gasteiger partial charge in [-0.05, 0) is 27.7 Å². The number of carbonyl (C=O) groups excluding carboxylic acids is 1. The average molecular weight is 279 g/mol. The summed E-state index contributed by atoms with van der Waals surface area (Å²) in [5.74, 6) is -1.66. The van der Waals surface area contributed by atoms with Crippen molar-refractivity contribution in [2.45, 2.75) is 44.6 Å². The van der Waals surface area contributed by atoms with Crippen molar-refractivity contribution in [3.8, 4) is 0 Å². The Morgan fingerprint density at radius 3 is 1.94 bits per heavy atom. The Labute approximate surface area is 108 Å². The number of carbonyl (C=O) groups is 2. The van der Waals surface area contributed by atoms with E-state index in [4.69, 9.17) is 5.11 Å². The SMILES string of the molecule is CCN(CC)C(=O)C(C)S(=O)(=O)C(C)CC(=O)O. The lowest BCUT2D eigenvalue weighted by molar-refractivity contribution is -0.137. The van der Waals surface area contributed by atoms with Crippen molar-refractivity contribution in [2.24, 2.45) is 0 Å². The Kier molecular flexibility index (Phi) is 6.31. The normalized spacial score (nSPS) is 14.9. The van der Waals surface area contributed by atoms with Gasteiger partial charge in [-0.1, -0.05) is 0 Å². The molecule has 0 aliphatic carbocycles. The number of hydrogen-bond acceptors (Lipinski definition) is 4. The van der Waals surface area contributed by atoms with Gasteiger partial charge in [-0.15, -0.1) is 0 Å². The van der Waals surface area contributed by atoms with Gasteiger partial charge < -0.3 is 10.0 Å². The zero-order valence-electron chi connectivity index (χ0n) is 11.2. The summed E-state index contributed by atoms with van der Waals surface area (Å²) in [4.78, 5) is 23.9. The molecule has 0 rings (SSSR count). The van der Waals surface area contributed by atoms with Gasteiger partial charge in [0.2, 0.25) is 5.91 Å². The largest absolute Gasteiger partial charge is 0.481 e. The highest BCUT2D eigenvalue weighted by molar-refractivity contribution is 7.93. The third-order valence-electron chi connectivity index (χ3n) is 2.94. The van der Waals surface area contributed by atoms with Crippen LogP contribution in [0.25, 0.3) is 0 Å². The quantitative estimate of drug-likeness (QED) is 0.733. The molecule has 0 heterocycles. The van der Waals surface area contributed by atoms with Crippen molar-refractivity contribution in [3.63, 3.8) is 0 Å². The first kappa shape index (κ1) is 16.9. The van der Waals surface area contributed by atoms with E-state index >= 15 is 0 Å². The first-order valence-electron chi connectivity index (χ1n) is 5.91. The first-order valence-corrected chi connectivity index (χ1v) is 7.52. The monoisotopic (exact) mass is 279 g/mol. The van der Waals surface area contributed by atoms with E-state index in [-0.39, 0.29) is 0 Å². The molecule has 2 unspecified atom stereocenters. The summed E-state index contributed by atoms with van der Waals surface area (Å²) >= 11 is 0. The van der Waals surface area contributed by atoms with Gasteiger partial charge in [-0.2, -0.15) is 0 Å². The minimum Gasteiger partial charge on any atom is -0.481 e. The fourth-order valence-electron chi connectivity index (χ4n) is 1.64. The maximum atomic E-state index is 12.0. The summed E-state index contributed by atoms with van der Waals surface area (Å²) in [6.45, 7) is 7.03. The predicted molar refractivity (Wildman–Crippen MR) is 68.0 cm³/mol. The number of aliphatic carboxylic acids is 1. The van der Waals surface area contributed by atoms with Crippen molar-refractivity contribution >= 4 is 21.7 Å². The van der Waals surface area contributed by atoms with Gasteiger partial charge in [0.05, 0.1) is 11.7 Å². The Balaban J connectivity index is 5.01. The Bertz CT molecular complexity index is 400. The molecule has 1 amide bonds. The molecule has 0 aliphatic rings. The van der Waals surface area contributed by atoms with Crippen LogP contribution < -0.4 is 0 Å². The molecule has 0 bridgehead atoms. The second-order valence-corrected chi connectivity index (χ2v) is 6.84. The summed E-state index contributed by atoms with van der Waals surface area (Å²) < 4.78 is 24.1. The van der Waals surface area contributed by atoms with E-state index in [0.29, 0.717) is 13.1 Å².